The minimum atomic E-state index is -0.545. The van der Waals surface area contributed by atoms with E-state index in [4.69, 9.17) is 4.74 Å². The number of H-pyrrole nitrogens is 1. The SMILES string of the molecule is CC(Oc1ccccc1)C(=O)NC(C)c1cn[nH]c1. The third-order valence-electron chi connectivity index (χ3n) is 2.80. The van der Waals surface area contributed by atoms with Crippen LogP contribution in [0.2, 0.25) is 0 Å². The largest absolute Gasteiger partial charge is 0.481 e. The average molecular weight is 259 g/mol. The Kier molecular flexibility index (Phi) is 4.18. The minimum absolute atomic E-state index is 0.104. The molecule has 1 aromatic heterocycles. The lowest BCUT2D eigenvalue weighted by molar-refractivity contribution is -0.127. The van der Waals surface area contributed by atoms with Crippen LogP contribution in [-0.2, 0) is 4.79 Å². The molecule has 2 unspecified atom stereocenters. The Labute approximate surface area is 112 Å². The second-order valence-corrected chi connectivity index (χ2v) is 4.34. The summed E-state index contributed by atoms with van der Waals surface area (Å²) in [5, 5.41) is 9.45. The van der Waals surface area contributed by atoms with Crippen LogP contribution in [0.4, 0.5) is 0 Å². The summed E-state index contributed by atoms with van der Waals surface area (Å²) in [6, 6.07) is 9.18. The zero-order valence-electron chi connectivity index (χ0n) is 11.0. The number of rotatable bonds is 5. The van der Waals surface area contributed by atoms with Gasteiger partial charge in [-0.2, -0.15) is 5.10 Å². The number of para-hydroxylation sites is 1. The van der Waals surface area contributed by atoms with Crippen molar-refractivity contribution >= 4 is 5.91 Å². The molecule has 0 bridgehead atoms. The van der Waals surface area contributed by atoms with Gasteiger partial charge in [0.1, 0.15) is 5.75 Å². The Bertz CT molecular complexity index is 511. The number of benzene rings is 1. The molecule has 5 heteroatoms. The molecule has 19 heavy (non-hydrogen) atoms. The van der Waals surface area contributed by atoms with Crippen molar-refractivity contribution in [2.45, 2.75) is 26.0 Å². The van der Waals surface area contributed by atoms with Gasteiger partial charge in [-0.05, 0) is 26.0 Å². The average Bonchev–Trinajstić information content (AvgIpc) is 2.93. The first-order valence-electron chi connectivity index (χ1n) is 6.17. The van der Waals surface area contributed by atoms with Gasteiger partial charge in [0.25, 0.3) is 5.91 Å². The first kappa shape index (κ1) is 13.1. The van der Waals surface area contributed by atoms with Gasteiger partial charge >= 0.3 is 0 Å². The van der Waals surface area contributed by atoms with E-state index < -0.39 is 6.10 Å². The smallest absolute Gasteiger partial charge is 0.261 e. The van der Waals surface area contributed by atoms with Crippen LogP contribution in [0.1, 0.15) is 25.5 Å². The number of nitrogens with one attached hydrogen (secondary N) is 2. The zero-order chi connectivity index (χ0) is 13.7. The third kappa shape index (κ3) is 3.58. The number of amides is 1. The van der Waals surface area contributed by atoms with E-state index in [1.807, 2.05) is 37.3 Å². The lowest BCUT2D eigenvalue weighted by Gasteiger charge is -2.17. The number of aromatic nitrogens is 2. The highest BCUT2D eigenvalue weighted by atomic mass is 16.5. The van der Waals surface area contributed by atoms with Crippen LogP contribution < -0.4 is 10.1 Å². The molecule has 100 valence electrons. The van der Waals surface area contributed by atoms with E-state index in [1.54, 1.807) is 19.3 Å². The summed E-state index contributed by atoms with van der Waals surface area (Å²) in [6.45, 7) is 3.63. The summed E-state index contributed by atoms with van der Waals surface area (Å²) in [7, 11) is 0. The van der Waals surface area contributed by atoms with Gasteiger partial charge in [0, 0.05) is 11.8 Å². The Hall–Kier alpha value is -2.30. The van der Waals surface area contributed by atoms with Gasteiger partial charge in [-0.25, -0.2) is 0 Å². The monoisotopic (exact) mass is 259 g/mol. The summed E-state index contributed by atoms with van der Waals surface area (Å²) in [6.07, 6.45) is 2.90. The summed E-state index contributed by atoms with van der Waals surface area (Å²) in [5.41, 5.74) is 0.931. The van der Waals surface area contributed by atoms with Crippen LogP contribution in [0.25, 0.3) is 0 Å². The zero-order valence-corrected chi connectivity index (χ0v) is 11.0. The quantitative estimate of drug-likeness (QED) is 0.863. The maximum atomic E-state index is 12.0. The molecule has 2 aromatic rings. The van der Waals surface area contributed by atoms with Crippen molar-refractivity contribution in [2.24, 2.45) is 0 Å². The first-order chi connectivity index (χ1) is 9.16. The first-order valence-corrected chi connectivity index (χ1v) is 6.17. The van der Waals surface area contributed by atoms with E-state index in [2.05, 4.69) is 15.5 Å². The molecule has 1 aromatic carbocycles. The van der Waals surface area contributed by atoms with E-state index >= 15 is 0 Å². The lowest BCUT2D eigenvalue weighted by atomic mass is 10.2. The fraction of sp³-hybridized carbons (Fsp3) is 0.286. The highest BCUT2D eigenvalue weighted by molar-refractivity contribution is 5.81. The maximum absolute atomic E-state index is 12.0. The Balaban J connectivity index is 1.89. The molecule has 0 aliphatic rings. The number of hydrogen-bond acceptors (Lipinski definition) is 3. The number of carbonyl (C=O) groups is 1. The fourth-order valence-electron chi connectivity index (χ4n) is 1.67. The number of hydrogen-bond donors (Lipinski definition) is 2. The Morgan fingerprint density at radius 3 is 2.68 bits per heavy atom. The molecule has 1 heterocycles. The van der Waals surface area contributed by atoms with Gasteiger partial charge in [-0.3, -0.25) is 9.89 Å². The minimum Gasteiger partial charge on any atom is -0.481 e. The van der Waals surface area contributed by atoms with E-state index in [-0.39, 0.29) is 11.9 Å². The van der Waals surface area contributed by atoms with Crippen LogP contribution in [0, 0.1) is 0 Å². The van der Waals surface area contributed by atoms with Gasteiger partial charge in [0.05, 0.1) is 12.2 Å². The molecule has 0 aliphatic heterocycles. The molecule has 0 spiro atoms. The van der Waals surface area contributed by atoms with E-state index in [0.717, 1.165) is 5.56 Å². The van der Waals surface area contributed by atoms with Crippen molar-refractivity contribution in [1.82, 2.24) is 15.5 Å². The topological polar surface area (TPSA) is 67.0 Å². The third-order valence-corrected chi connectivity index (χ3v) is 2.80. The molecule has 2 rings (SSSR count). The summed E-state index contributed by atoms with van der Waals surface area (Å²) >= 11 is 0. The summed E-state index contributed by atoms with van der Waals surface area (Å²) in [5.74, 6) is 0.527. The van der Waals surface area contributed by atoms with Crippen molar-refractivity contribution in [3.05, 3.63) is 48.3 Å². The Morgan fingerprint density at radius 1 is 1.32 bits per heavy atom. The van der Waals surface area contributed by atoms with Crippen LogP contribution in [0.3, 0.4) is 0 Å². The highest BCUT2D eigenvalue weighted by Crippen LogP contribution is 2.13. The van der Waals surface area contributed by atoms with Crippen LogP contribution >= 0.6 is 0 Å². The molecule has 0 saturated carbocycles. The second kappa shape index (κ2) is 6.04. The van der Waals surface area contributed by atoms with Crippen molar-refractivity contribution in [3.8, 4) is 5.75 Å². The summed E-state index contributed by atoms with van der Waals surface area (Å²) < 4.78 is 5.56. The molecule has 0 radical (unpaired) electrons. The number of carbonyl (C=O) groups excluding carboxylic acids is 1. The lowest BCUT2D eigenvalue weighted by Crippen LogP contribution is -2.37. The normalized spacial score (nSPS) is 13.6. The predicted octanol–water partition coefficient (Wildman–Crippen LogP) is 2.05. The van der Waals surface area contributed by atoms with Crippen LogP contribution in [-0.4, -0.2) is 22.2 Å². The molecule has 1 amide bonds. The van der Waals surface area contributed by atoms with Gasteiger partial charge in [-0.1, -0.05) is 18.2 Å². The molecular formula is C14H17N3O2. The molecule has 0 aliphatic carbocycles. The van der Waals surface area contributed by atoms with Crippen molar-refractivity contribution < 1.29 is 9.53 Å². The van der Waals surface area contributed by atoms with Crippen molar-refractivity contribution in [3.63, 3.8) is 0 Å². The maximum Gasteiger partial charge on any atom is 0.261 e. The fourth-order valence-corrected chi connectivity index (χ4v) is 1.67. The van der Waals surface area contributed by atoms with Gasteiger partial charge in [0.15, 0.2) is 6.10 Å². The molecule has 0 fully saturated rings. The number of ether oxygens (including phenoxy) is 1. The standard InChI is InChI=1S/C14H17N3O2/c1-10(12-8-15-16-9-12)17-14(18)11(2)19-13-6-4-3-5-7-13/h3-11H,1-2H3,(H,15,16)(H,17,18). The Morgan fingerprint density at radius 2 is 2.05 bits per heavy atom. The molecule has 5 nitrogen and oxygen atoms in total. The van der Waals surface area contributed by atoms with E-state index in [0.29, 0.717) is 5.75 Å². The van der Waals surface area contributed by atoms with Gasteiger partial charge in [0.2, 0.25) is 0 Å². The van der Waals surface area contributed by atoms with Crippen LogP contribution in [0.5, 0.6) is 5.75 Å². The van der Waals surface area contributed by atoms with Crippen molar-refractivity contribution in [2.75, 3.05) is 0 Å². The molecular weight excluding hydrogens is 242 g/mol. The van der Waals surface area contributed by atoms with Gasteiger partial charge in [-0.15, -0.1) is 0 Å². The molecule has 0 saturated heterocycles. The number of aromatic amines is 1. The molecule has 2 atom stereocenters. The molecule has 2 N–H and O–H groups in total. The summed E-state index contributed by atoms with van der Waals surface area (Å²) in [4.78, 5) is 12.0. The van der Waals surface area contributed by atoms with E-state index in [9.17, 15) is 4.79 Å². The van der Waals surface area contributed by atoms with E-state index in [1.165, 1.54) is 0 Å². The number of nitrogens with zero attached hydrogens (tertiary/aromatic N) is 1. The highest BCUT2D eigenvalue weighted by Gasteiger charge is 2.17. The van der Waals surface area contributed by atoms with Crippen molar-refractivity contribution in [1.29, 1.82) is 0 Å². The van der Waals surface area contributed by atoms with Gasteiger partial charge < -0.3 is 10.1 Å². The van der Waals surface area contributed by atoms with Crippen LogP contribution in [0.15, 0.2) is 42.7 Å². The predicted molar refractivity (Wildman–Crippen MR) is 71.7 cm³/mol. The second-order valence-electron chi connectivity index (χ2n) is 4.34.